The van der Waals surface area contributed by atoms with E-state index in [0.717, 1.165) is 35.4 Å². The zero-order valence-electron chi connectivity index (χ0n) is 15.5. The molecule has 1 aromatic heterocycles. The molecule has 0 saturated carbocycles. The highest BCUT2D eigenvalue weighted by Gasteiger charge is 2.16. The third-order valence-corrected chi connectivity index (χ3v) is 4.86. The van der Waals surface area contributed by atoms with Gasteiger partial charge in [-0.25, -0.2) is 4.79 Å². The maximum absolute atomic E-state index is 12.2. The number of aryl methyl sites for hydroxylation is 3. The molecular formula is C20H20N6O. The van der Waals surface area contributed by atoms with Crippen molar-refractivity contribution in [2.24, 2.45) is 17.3 Å². The average Bonchev–Trinajstić information content (AvgIpc) is 3.24. The average molecular weight is 360 g/mol. The molecule has 0 N–H and O–H groups in total. The first-order chi connectivity index (χ1) is 13.0. The highest BCUT2D eigenvalue weighted by atomic mass is 16.2. The van der Waals surface area contributed by atoms with E-state index in [1.807, 2.05) is 38.1 Å². The van der Waals surface area contributed by atoms with Crippen LogP contribution in [0.25, 0.3) is 5.69 Å². The van der Waals surface area contributed by atoms with Gasteiger partial charge in [0.05, 0.1) is 17.1 Å². The van der Waals surface area contributed by atoms with Crippen LogP contribution in [0.4, 0.5) is 0 Å². The van der Waals surface area contributed by atoms with Crippen molar-refractivity contribution < 1.29 is 0 Å². The van der Waals surface area contributed by atoms with Crippen LogP contribution in [-0.4, -0.2) is 31.2 Å². The summed E-state index contributed by atoms with van der Waals surface area (Å²) in [5.41, 5.74) is 6.54. The van der Waals surface area contributed by atoms with Crippen LogP contribution in [0.15, 0.2) is 57.5 Å². The lowest BCUT2D eigenvalue weighted by Gasteiger charge is -2.07. The molecule has 2 aromatic carbocycles. The summed E-state index contributed by atoms with van der Waals surface area (Å²) in [6, 6.07) is 14.1. The number of hydrogen-bond acceptors (Lipinski definition) is 5. The quantitative estimate of drug-likeness (QED) is 0.532. The van der Waals surface area contributed by atoms with E-state index in [-0.39, 0.29) is 5.69 Å². The standard InChI is InChI=1S/C20H20N6O/c1-13-8-9-16(12-19(13)26-20(27)25(3)23-24-26)14(2)21-22-18-11-10-15-6-4-5-7-17(15)18/h4-9,12H,10-11H2,1-3H3/b21-14+,22-18+. The third-order valence-electron chi connectivity index (χ3n) is 4.86. The molecule has 3 aromatic rings. The van der Waals surface area contributed by atoms with Crippen LogP contribution in [0.1, 0.15) is 35.6 Å². The fourth-order valence-electron chi connectivity index (χ4n) is 3.23. The molecule has 7 nitrogen and oxygen atoms in total. The van der Waals surface area contributed by atoms with Crippen LogP contribution in [-0.2, 0) is 13.5 Å². The van der Waals surface area contributed by atoms with E-state index in [1.54, 1.807) is 7.05 Å². The number of benzene rings is 2. The van der Waals surface area contributed by atoms with E-state index in [4.69, 9.17) is 0 Å². The third kappa shape index (κ3) is 3.12. The maximum Gasteiger partial charge on any atom is 0.368 e. The number of rotatable bonds is 3. The molecule has 0 spiro atoms. The highest BCUT2D eigenvalue weighted by molar-refractivity contribution is 6.05. The molecule has 0 saturated heterocycles. The molecule has 0 amide bonds. The molecule has 136 valence electrons. The van der Waals surface area contributed by atoms with Crippen molar-refractivity contribution in [3.63, 3.8) is 0 Å². The Morgan fingerprint density at radius 1 is 1.11 bits per heavy atom. The Labute approximate surface area is 156 Å². The maximum atomic E-state index is 12.2. The number of tetrazole rings is 1. The molecule has 27 heavy (non-hydrogen) atoms. The first-order valence-corrected chi connectivity index (χ1v) is 8.84. The van der Waals surface area contributed by atoms with Crippen molar-refractivity contribution in [3.8, 4) is 5.69 Å². The van der Waals surface area contributed by atoms with Gasteiger partial charge in [0, 0.05) is 12.6 Å². The Kier molecular flexibility index (Phi) is 4.27. The van der Waals surface area contributed by atoms with Crippen molar-refractivity contribution in [2.75, 3.05) is 0 Å². The normalized spacial score (nSPS) is 15.4. The summed E-state index contributed by atoms with van der Waals surface area (Å²) in [4.78, 5) is 12.2. The van der Waals surface area contributed by atoms with Crippen LogP contribution >= 0.6 is 0 Å². The Hall–Kier alpha value is -3.35. The molecule has 0 fully saturated rings. The monoisotopic (exact) mass is 360 g/mol. The SMILES string of the molecule is C/C(=N\N=C1/CCc2ccccc21)c1ccc(C)c(-n2nnn(C)c2=O)c1. The van der Waals surface area contributed by atoms with Gasteiger partial charge in [0.15, 0.2) is 0 Å². The summed E-state index contributed by atoms with van der Waals surface area (Å²) in [5, 5.41) is 16.6. The molecule has 7 heteroatoms. The predicted molar refractivity (Wildman–Crippen MR) is 105 cm³/mol. The largest absolute Gasteiger partial charge is 0.368 e. The smallest absolute Gasteiger partial charge is 0.244 e. The number of nitrogens with zero attached hydrogens (tertiary/aromatic N) is 6. The van der Waals surface area contributed by atoms with Gasteiger partial charge in [-0.15, -0.1) is 0 Å². The Balaban J connectivity index is 1.69. The molecule has 4 rings (SSSR count). The molecular weight excluding hydrogens is 340 g/mol. The van der Waals surface area contributed by atoms with Crippen LogP contribution in [0.3, 0.4) is 0 Å². The van der Waals surface area contributed by atoms with Gasteiger partial charge in [0.1, 0.15) is 0 Å². The van der Waals surface area contributed by atoms with Gasteiger partial charge in [-0.3, -0.25) is 0 Å². The number of fused-ring (bicyclic) bond motifs is 1. The van der Waals surface area contributed by atoms with Gasteiger partial charge < -0.3 is 0 Å². The lowest BCUT2D eigenvalue weighted by atomic mass is 10.1. The fraction of sp³-hybridized carbons (Fsp3) is 0.250. The molecule has 0 aliphatic heterocycles. The van der Waals surface area contributed by atoms with Crippen molar-refractivity contribution in [2.45, 2.75) is 26.7 Å². The van der Waals surface area contributed by atoms with E-state index in [0.29, 0.717) is 5.69 Å². The van der Waals surface area contributed by atoms with Crippen molar-refractivity contribution in [1.29, 1.82) is 0 Å². The van der Waals surface area contributed by atoms with Gasteiger partial charge in [-0.2, -0.15) is 19.6 Å². The van der Waals surface area contributed by atoms with Gasteiger partial charge in [0.2, 0.25) is 0 Å². The van der Waals surface area contributed by atoms with Crippen molar-refractivity contribution in [3.05, 3.63) is 75.2 Å². The van der Waals surface area contributed by atoms with Gasteiger partial charge in [-0.05, 0) is 59.9 Å². The molecule has 1 aliphatic rings. The second-order valence-electron chi connectivity index (χ2n) is 6.69. The zero-order chi connectivity index (χ0) is 19.0. The number of aromatic nitrogens is 4. The molecule has 0 unspecified atom stereocenters. The molecule has 1 heterocycles. The zero-order valence-corrected chi connectivity index (χ0v) is 15.5. The summed E-state index contributed by atoms with van der Waals surface area (Å²) in [6.45, 7) is 3.85. The second-order valence-corrected chi connectivity index (χ2v) is 6.69. The van der Waals surface area contributed by atoms with Crippen LogP contribution < -0.4 is 5.69 Å². The Morgan fingerprint density at radius 3 is 2.70 bits per heavy atom. The van der Waals surface area contributed by atoms with E-state index < -0.39 is 0 Å². The molecule has 0 bridgehead atoms. The van der Waals surface area contributed by atoms with E-state index in [1.165, 1.54) is 20.5 Å². The lowest BCUT2D eigenvalue weighted by Crippen LogP contribution is -2.22. The Morgan fingerprint density at radius 2 is 1.93 bits per heavy atom. The summed E-state index contributed by atoms with van der Waals surface area (Å²) in [6.07, 6.45) is 1.91. The second kappa shape index (κ2) is 6.75. The van der Waals surface area contributed by atoms with Crippen molar-refractivity contribution >= 4 is 11.4 Å². The molecule has 1 aliphatic carbocycles. The minimum absolute atomic E-state index is 0.285. The first kappa shape index (κ1) is 17.1. The molecule has 0 atom stereocenters. The first-order valence-electron chi connectivity index (χ1n) is 8.84. The fourth-order valence-corrected chi connectivity index (χ4v) is 3.23. The highest BCUT2D eigenvalue weighted by Crippen LogP contribution is 2.22. The molecule has 0 radical (unpaired) electrons. The van der Waals surface area contributed by atoms with E-state index in [2.05, 4.69) is 38.8 Å². The van der Waals surface area contributed by atoms with Crippen molar-refractivity contribution in [1.82, 2.24) is 19.8 Å². The van der Waals surface area contributed by atoms with E-state index >= 15 is 0 Å². The lowest BCUT2D eigenvalue weighted by molar-refractivity contribution is 0.692. The topological polar surface area (TPSA) is 77.4 Å². The van der Waals surface area contributed by atoms with Gasteiger partial charge in [-0.1, -0.05) is 36.4 Å². The van der Waals surface area contributed by atoms with E-state index in [9.17, 15) is 4.79 Å². The Bertz CT molecular complexity index is 1140. The van der Waals surface area contributed by atoms with Gasteiger partial charge >= 0.3 is 5.69 Å². The predicted octanol–water partition coefficient (Wildman–Crippen LogP) is 2.43. The minimum atomic E-state index is -0.285. The van der Waals surface area contributed by atoms with Crippen LogP contribution in [0.5, 0.6) is 0 Å². The summed E-state index contributed by atoms with van der Waals surface area (Å²) in [7, 11) is 1.58. The van der Waals surface area contributed by atoms with Crippen LogP contribution in [0, 0.1) is 6.92 Å². The van der Waals surface area contributed by atoms with Gasteiger partial charge in [0.25, 0.3) is 0 Å². The number of hydrogen-bond donors (Lipinski definition) is 0. The summed E-state index contributed by atoms with van der Waals surface area (Å²) < 4.78 is 2.50. The van der Waals surface area contributed by atoms with Crippen LogP contribution in [0.2, 0.25) is 0 Å². The summed E-state index contributed by atoms with van der Waals surface area (Å²) in [5.74, 6) is 0. The minimum Gasteiger partial charge on any atom is -0.244 e. The summed E-state index contributed by atoms with van der Waals surface area (Å²) >= 11 is 0.